The lowest BCUT2D eigenvalue weighted by molar-refractivity contribution is -0.145. The third-order valence-corrected chi connectivity index (χ3v) is 4.30. The van der Waals surface area contributed by atoms with E-state index in [1.165, 1.54) is 36.3 Å². The zero-order valence-corrected chi connectivity index (χ0v) is 17.4. The number of thiocarbonyl (C=S) groups is 1. The second-order valence-corrected chi connectivity index (χ2v) is 6.44. The van der Waals surface area contributed by atoms with Gasteiger partial charge in [0.05, 0.1) is 18.7 Å². The lowest BCUT2D eigenvalue weighted by Gasteiger charge is -2.27. The summed E-state index contributed by atoms with van der Waals surface area (Å²) in [5.41, 5.74) is 0.291. The number of amides is 2. The van der Waals surface area contributed by atoms with Gasteiger partial charge in [0.25, 0.3) is 11.8 Å². The van der Waals surface area contributed by atoms with E-state index in [0.717, 1.165) is 0 Å². The van der Waals surface area contributed by atoms with Gasteiger partial charge in [0.15, 0.2) is 23.2 Å². The Bertz CT molecular complexity index is 899. The molecule has 29 heavy (non-hydrogen) atoms. The summed E-state index contributed by atoms with van der Waals surface area (Å²) in [6, 6.07) is 2.99. The van der Waals surface area contributed by atoms with Crippen LogP contribution in [0.25, 0.3) is 6.08 Å². The molecule has 8 nitrogen and oxygen atoms in total. The maximum atomic E-state index is 12.6. The van der Waals surface area contributed by atoms with E-state index in [1.54, 1.807) is 6.92 Å². The SMILES string of the molecule is C=CCN1C(=O)/C(=C/c2cc(Cl)c(OCC(=O)OCC)c(OC)c2)C(=O)NC1=S. The first-order valence-electron chi connectivity index (χ1n) is 8.48. The fraction of sp³-hybridized carbons (Fsp3) is 0.263. The van der Waals surface area contributed by atoms with Gasteiger partial charge in [-0.15, -0.1) is 6.58 Å². The van der Waals surface area contributed by atoms with Crippen LogP contribution in [0.1, 0.15) is 12.5 Å². The second-order valence-electron chi connectivity index (χ2n) is 5.65. The van der Waals surface area contributed by atoms with Crippen LogP contribution < -0.4 is 14.8 Å². The maximum absolute atomic E-state index is 12.6. The molecule has 0 saturated carbocycles. The average molecular weight is 439 g/mol. The lowest BCUT2D eigenvalue weighted by atomic mass is 10.1. The van der Waals surface area contributed by atoms with Crippen LogP contribution in [-0.2, 0) is 19.1 Å². The van der Waals surface area contributed by atoms with Crippen molar-refractivity contribution >= 4 is 52.8 Å². The number of hydrogen-bond donors (Lipinski definition) is 1. The Morgan fingerprint density at radius 3 is 2.72 bits per heavy atom. The van der Waals surface area contributed by atoms with Gasteiger partial charge >= 0.3 is 5.97 Å². The first-order valence-corrected chi connectivity index (χ1v) is 9.26. The van der Waals surface area contributed by atoms with Crippen molar-refractivity contribution in [3.05, 3.63) is 40.9 Å². The number of halogens is 1. The number of nitrogens with zero attached hydrogens (tertiary/aromatic N) is 1. The van der Waals surface area contributed by atoms with Crippen molar-refractivity contribution < 1.29 is 28.6 Å². The summed E-state index contributed by atoms with van der Waals surface area (Å²) >= 11 is 11.3. The molecule has 2 amide bonds. The largest absolute Gasteiger partial charge is 0.493 e. The molecule has 154 valence electrons. The van der Waals surface area contributed by atoms with E-state index in [9.17, 15) is 14.4 Å². The smallest absolute Gasteiger partial charge is 0.344 e. The number of hydrogen-bond acceptors (Lipinski definition) is 7. The molecule has 0 radical (unpaired) electrons. The first kappa shape index (κ1) is 22.4. The number of methoxy groups -OCH3 is 1. The molecule has 1 aliphatic rings. The fourth-order valence-corrected chi connectivity index (χ4v) is 2.98. The molecule has 1 aliphatic heterocycles. The van der Waals surface area contributed by atoms with E-state index in [0.29, 0.717) is 5.56 Å². The third kappa shape index (κ3) is 5.33. The number of esters is 1. The van der Waals surface area contributed by atoms with E-state index in [2.05, 4.69) is 11.9 Å². The average Bonchev–Trinajstić information content (AvgIpc) is 2.67. The van der Waals surface area contributed by atoms with Crippen molar-refractivity contribution in [2.75, 3.05) is 26.9 Å². The molecule has 1 N–H and O–H groups in total. The number of benzene rings is 1. The highest BCUT2D eigenvalue weighted by Gasteiger charge is 2.32. The van der Waals surface area contributed by atoms with Crippen molar-refractivity contribution in [3.63, 3.8) is 0 Å². The maximum Gasteiger partial charge on any atom is 0.344 e. The van der Waals surface area contributed by atoms with Crippen LogP contribution in [-0.4, -0.2) is 54.7 Å². The molecular formula is C19H19ClN2O6S. The van der Waals surface area contributed by atoms with E-state index in [1.807, 2.05) is 0 Å². The highest BCUT2D eigenvalue weighted by atomic mass is 35.5. The van der Waals surface area contributed by atoms with Crippen LogP contribution in [0.4, 0.5) is 0 Å². The molecule has 0 spiro atoms. The highest BCUT2D eigenvalue weighted by Crippen LogP contribution is 2.37. The van der Waals surface area contributed by atoms with Gasteiger partial charge in [-0.05, 0) is 42.9 Å². The molecule has 1 heterocycles. The molecule has 0 atom stereocenters. The number of carbonyl (C=O) groups is 3. The molecular weight excluding hydrogens is 420 g/mol. The van der Waals surface area contributed by atoms with E-state index >= 15 is 0 Å². The van der Waals surface area contributed by atoms with Crippen molar-refractivity contribution in [2.24, 2.45) is 0 Å². The molecule has 1 saturated heterocycles. The summed E-state index contributed by atoms with van der Waals surface area (Å²) in [7, 11) is 1.39. The molecule has 10 heteroatoms. The summed E-state index contributed by atoms with van der Waals surface area (Å²) in [6.45, 7) is 5.28. The van der Waals surface area contributed by atoms with Crippen molar-refractivity contribution in [2.45, 2.75) is 6.92 Å². The summed E-state index contributed by atoms with van der Waals surface area (Å²) in [6.07, 6.45) is 2.86. The molecule has 0 aliphatic carbocycles. The summed E-state index contributed by atoms with van der Waals surface area (Å²) in [4.78, 5) is 37.5. The second kappa shape index (κ2) is 10.0. The van der Waals surface area contributed by atoms with Crippen LogP contribution in [0.2, 0.25) is 5.02 Å². The van der Waals surface area contributed by atoms with Crippen LogP contribution >= 0.6 is 23.8 Å². The summed E-state index contributed by atoms with van der Waals surface area (Å²) in [5, 5.41) is 2.59. The molecule has 2 rings (SSSR count). The van der Waals surface area contributed by atoms with Crippen LogP contribution in [0.5, 0.6) is 11.5 Å². The number of nitrogens with one attached hydrogen (secondary N) is 1. The van der Waals surface area contributed by atoms with Gasteiger partial charge in [-0.3, -0.25) is 19.8 Å². The zero-order valence-electron chi connectivity index (χ0n) is 15.8. The van der Waals surface area contributed by atoms with Crippen LogP contribution in [0, 0.1) is 0 Å². The monoisotopic (exact) mass is 438 g/mol. The van der Waals surface area contributed by atoms with Crippen molar-refractivity contribution in [1.29, 1.82) is 0 Å². The van der Waals surface area contributed by atoms with Gasteiger partial charge in [0.1, 0.15) is 5.57 Å². The minimum atomic E-state index is -0.627. The third-order valence-electron chi connectivity index (χ3n) is 3.70. The lowest BCUT2D eigenvalue weighted by Crippen LogP contribution is -2.53. The zero-order chi connectivity index (χ0) is 21.6. The van der Waals surface area contributed by atoms with Gasteiger partial charge in [0.2, 0.25) is 0 Å². The van der Waals surface area contributed by atoms with E-state index in [-0.39, 0.29) is 47.0 Å². The standard InChI is InChI=1S/C19H19ClN2O6S/c1-4-6-22-18(25)12(17(24)21-19(22)29)7-11-8-13(20)16(14(9-11)26-3)28-10-15(23)27-5-2/h4,7-9H,1,5-6,10H2,2-3H3,(H,21,24,29)/b12-7+. The molecule has 0 aromatic heterocycles. The molecule has 0 unspecified atom stereocenters. The Morgan fingerprint density at radius 2 is 2.10 bits per heavy atom. The summed E-state index contributed by atoms with van der Waals surface area (Å²) < 4.78 is 15.4. The van der Waals surface area contributed by atoms with Crippen molar-refractivity contribution in [3.8, 4) is 11.5 Å². The van der Waals surface area contributed by atoms with Gasteiger partial charge in [0, 0.05) is 6.54 Å². The van der Waals surface area contributed by atoms with Gasteiger partial charge in [-0.2, -0.15) is 0 Å². The topological polar surface area (TPSA) is 94.2 Å². The van der Waals surface area contributed by atoms with Crippen LogP contribution in [0.15, 0.2) is 30.4 Å². The van der Waals surface area contributed by atoms with Gasteiger partial charge in [-0.1, -0.05) is 17.7 Å². The quantitative estimate of drug-likeness (QED) is 0.218. The Balaban J connectivity index is 2.35. The minimum Gasteiger partial charge on any atom is -0.493 e. The van der Waals surface area contributed by atoms with Gasteiger partial charge < -0.3 is 14.2 Å². The number of rotatable bonds is 8. The molecule has 1 aromatic rings. The normalized spacial score (nSPS) is 15.2. The molecule has 1 fully saturated rings. The Kier molecular flexibility index (Phi) is 7.74. The molecule has 1 aromatic carbocycles. The van der Waals surface area contributed by atoms with Gasteiger partial charge in [-0.25, -0.2) is 4.79 Å². The molecule has 0 bridgehead atoms. The van der Waals surface area contributed by atoms with E-state index in [4.69, 9.17) is 38.0 Å². The predicted octanol–water partition coefficient (Wildman–Crippen LogP) is 2.10. The number of carbonyl (C=O) groups excluding carboxylic acids is 3. The van der Waals surface area contributed by atoms with Crippen LogP contribution in [0.3, 0.4) is 0 Å². The Hall–Kier alpha value is -2.91. The predicted molar refractivity (Wildman–Crippen MR) is 111 cm³/mol. The van der Waals surface area contributed by atoms with Crippen molar-refractivity contribution in [1.82, 2.24) is 10.2 Å². The minimum absolute atomic E-state index is 0.00961. The first-order chi connectivity index (χ1) is 13.8. The Labute approximate surface area is 178 Å². The number of ether oxygens (including phenoxy) is 3. The highest BCUT2D eigenvalue weighted by molar-refractivity contribution is 7.80. The fourth-order valence-electron chi connectivity index (χ4n) is 2.45. The summed E-state index contributed by atoms with van der Waals surface area (Å²) in [5.74, 6) is -1.39. The Morgan fingerprint density at radius 1 is 1.38 bits per heavy atom. The van der Waals surface area contributed by atoms with E-state index < -0.39 is 17.8 Å².